The Balaban J connectivity index is 2.54. The van der Waals surface area contributed by atoms with Gasteiger partial charge in [-0.3, -0.25) is 9.59 Å². The van der Waals surface area contributed by atoms with Crippen LogP contribution in [0.3, 0.4) is 0 Å². The molecule has 0 radical (unpaired) electrons. The van der Waals surface area contributed by atoms with E-state index < -0.39 is 0 Å². The lowest BCUT2D eigenvalue weighted by atomic mass is 10.2. The molecule has 0 heterocycles. The summed E-state index contributed by atoms with van der Waals surface area (Å²) in [5.41, 5.74) is 1.09. The monoisotopic (exact) mass is 262 g/mol. The molecule has 0 aliphatic heterocycles. The van der Waals surface area contributed by atoms with Crippen LogP contribution in [0.5, 0.6) is 0 Å². The molecule has 0 atom stereocenters. The minimum atomic E-state index is -0.0525. The summed E-state index contributed by atoms with van der Waals surface area (Å²) in [5, 5.41) is 0. The van der Waals surface area contributed by atoms with Crippen molar-refractivity contribution in [3.8, 4) is 0 Å². The van der Waals surface area contributed by atoms with Crippen molar-refractivity contribution >= 4 is 11.8 Å². The molecule has 104 valence electrons. The minimum Gasteiger partial charge on any atom is -0.340 e. The normalized spacial score (nSPS) is 10.1. The zero-order chi connectivity index (χ0) is 14.3. The summed E-state index contributed by atoms with van der Waals surface area (Å²) in [5.74, 6) is -0.0872. The second-order valence-corrected chi connectivity index (χ2v) is 4.68. The summed E-state index contributed by atoms with van der Waals surface area (Å²) in [4.78, 5) is 26.7. The Labute approximate surface area is 115 Å². The van der Waals surface area contributed by atoms with Crippen LogP contribution in [0.25, 0.3) is 0 Å². The van der Waals surface area contributed by atoms with Crippen LogP contribution < -0.4 is 0 Å². The van der Waals surface area contributed by atoms with Gasteiger partial charge >= 0.3 is 0 Å². The van der Waals surface area contributed by atoms with Gasteiger partial charge in [0.05, 0.1) is 6.54 Å². The van der Waals surface area contributed by atoms with E-state index in [9.17, 15) is 9.59 Å². The van der Waals surface area contributed by atoms with Crippen molar-refractivity contribution in [2.24, 2.45) is 0 Å². The number of rotatable bonds is 6. The van der Waals surface area contributed by atoms with Gasteiger partial charge in [-0.25, -0.2) is 0 Å². The zero-order valence-corrected chi connectivity index (χ0v) is 11.9. The quantitative estimate of drug-likeness (QED) is 0.785. The highest BCUT2D eigenvalue weighted by Gasteiger charge is 2.15. The second kappa shape index (κ2) is 7.56. The smallest absolute Gasteiger partial charge is 0.242 e. The summed E-state index contributed by atoms with van der Waals surface area (Å²) in [7, 11) is 1.76. The Morgan fingerprint density at radius 2 is 1.79 bits per heavy atom. The van der Waals surface area contributed by atoms with E-state index in [2.05, 4.69) is 0 Å². The number of likely N-dealkylation sites (N-methyl/N-ethyl adjacent to an activating group) is 1. The Bertz CT molecular complexity index is 417. The number of amides is 2. The van der Waals surface area contributed by atoms with Crippen LogP contribution in [0, 0.1) is 0 Å². The first-order chi connectivity index (χ1) is 9.04. The van der Waals surface area contributed by atoms with Crippen molar-refractivity contribution in [2.45, 2.75) is 26.8 Å². The molecule has 0 aliphatic carbocycles. The van der Waals surface area contributed by atoms with E-state index in [1.54, 1.807) is 16.8 Å². The zero-order valence-electron chi connectivity index (χ0n) is 11.9. The Morgan fingerprint density at radius 3 is 2.32 bits per heavy atom. The molecule has 0 spiro atoms. The molecule has 1 rings (SSSR count). The Kier molecular flexibility index (Phi) is 6.06. The first kappa shape index (κ1) is 15.2. The number of hydrogen-bond acceptors (Lipinski definition) is 2. The lowest BCUT2D eigenvalue weighted by Gasteiger charge is -2.24. The maximum atomic E-state index is 12.1. The molecule has 4 nitrogen and oxygen atoms in total. The van der Waals surface area contributed by atoms with Crippen molar-refractivity contribution in [1.29, 1.82) is 0 Å². The average Bonchev–Trinajstić information content (AvgIpc) is 2.39. The number of nitrogens with zero attached hydrogens (tertiary/aromatic N) is 2. The topological polar surface area (TPSA) is 40.6 Å². The molecule has 0 saturated carbocycles. The van der Waals surface area contributed by atoms with Gasteiger partial charge in [-0.2, -0.15) is 0 Å². The third kappa shape index (κ3) is 5.12. The average molecular weight is 262 g/mol. The molecule has 19 heavy (non-hydrogen) atoms. The molecular formula is C15H22N2O2. The van der Waals surface area contributed by atoms with Crippen molar-refractivity contribution in [3.05, 3.63) is 35.9 Å². The summed E-state index contributed by atoms with van der Waals surface area (Å²) in [6.07, 6.45) is 0.856. The lowest BCUT2D eigenvalue weighted by molar-refractivity contribution is -0.138. The van der Waals surface area contributed by atoms with Crippen LogP contribution in [0.1, 0.15) is 25.8 Å². The standard InChI is InChI=1S/C15H22N2O2/c1-4-10-17(13(2)18)12-15(19)16(3)11-14-8-6-5-7-9-14/h5-9H,4,10-12H2,1-3H3. The molecule has 0 unspecified atom stereocenters. The molecule has 2 amide bonds. The molecule has 0 bridgehead atoms. The number of carbonyl (C=O) groups excluding carboxylic acids is 2. The van der Waals surface area contributed by atoms with Gasteiger partial charge in [0.15, 0.2) is 0 Å². The van der Waals surface area contributed by atoms with E-state index in [0.717, 1.165) is 12.0 Å². The maximum absolute atomic E-state index is 12.1. The maximum Gasteiger partial charge on any atom is 0.242 e. The van der Waals surface area contributed by atoms with Gasteiger partial charge in [-0.15, -0.1) is 0 Å². The summed E-state index contributed by atoms with van der Waals surface area (Å²) < 4.78 is 0. The molecule has 0 fully saturated rings. The van der Waals surface area contributed by atoms with E-state index in [-0.39, 0.29) is 18.4 Å². The third-order valence-corrected chi connectivity index (χ3v) is 2.95. The van der Waals surface area contributed by atoms with Crippen molar-refractivity contribution < 1.29 is 9.59 Å². The first-order valence-electron chi connectivity index (χ1n) is 6.58. The van der Waals surface area contributed by atoms with Crippen LogP contribution in [0.2, 0.25) is 0 Å². The lowest BCUT2D eigenvalue weighted by Crippen LogP contribution is -2.40. The minimum absolute atomic E-state index is 0.0347. The fraction of sp³-hybridized carbons (Fsp3) is 0.467. The Hall–Kier alpha value is -1.84. The van der Waals surface area contributed by atoms with Gasteiger partial charge in [-0.1, -0.05) is 37.3 Å². The van der Waals surface area contributed by atoms with Gasteiger partial charge in [0.2, 0.25) is 11.8 Å². The van der Waals surface area contributed by atoms with E-state index in [1.807, 2.05) is 37.3 Å². The van der Waals surface area contributed by atoms with Crippen molar-refractivity contribution in [3.63, 3.8) is 0 Å². The van der Waals surface area contributed by atoms with Crippen LogP contribution in [-0.4, -0.2) is 41.8 Å². The fourth-order valence-electron chi connectivity index (χ4n) is 1.85. The molecule has 0 N–H and O–H groups in total. The number of benzene rings is 1. The first-order valence-corrected chi connectivity index (χ1v) is 6.58. The predicted molar refractivity (Wildman–Crippen MR) is 75.5 cm³/mol. The van der Waals surface area contributed by atoms with Crippen LogP contribution >= 0.6 is 0 Å². The van der Waals surface area contributed by atoms with Crippen LogP contribution in [0.15, 0.2) is 30.3 Å². The van der Waals surface area contributed by atoms with Gasteiger partial charge in [0.1, 0.15) is 0 Å². The van der Waals surface area contributed by atoms with Gasteiger partial charge < -0.3 is 9.80 Å². The molecule has 1 aromatic carbocycles. The number of carbonyl (C=O) groups is 2. The van der Waals surface area contributed by atoms with Crippen LogP contribution in [-0.2, 0) is 16.1 Å². The molecule has 1 aromatic rings. The predicted octanol–water partition coefficient (Wildman–Crippen LogP) is 1.90. The van der Waals surface area contributed by atoms with E-state index in [4.69, 9.17) is 0 Å². The van der Waals surface area contributed by atoms with Crippen LogP contribution in [0.4, 0.5) is 0 Å². The van der Waals surface area contributed by atoms with Gasteiger partial charge in [-0.05, 0) is 12.0 Å². The SMILES string of the molecule is CCCN(CC(=O)N(C)Cc1ccccc1)C(C)=O. The highest BCUT2D eigenvalue weighted by molar-refractivity contribution is 5.83. The largest absolute Gasteiger partial charge is 0.340 e. The fourth-order valence-corrected chi connectivity index (χ4v) is 1.85. The molecular weight excluding hydrogens is 240 g/mol. The molecule has 0 aromatic heterocycles. The number of hydrogen-bond donors (Lipinski definition) is 0. The van der Waals surface area contributed by atoms with E-state index in [0.29, 0.717) is 13.1 Å². The summed E-state index contributed by atoms with van der Waals surface area (Å²) >= 11 is 0. The van der Waals surface area contributed by atoms with Crippen molar-refractivity contribution in [1.82, 2.24) is 9.80 Å². The molecule has 0 aliphatic rings. The van der Waals surface area contributed by atoms with E-state index >= 15 is 0 Å². The highest BCUT2D eigenvalue weighted by atomic mass is 16.2. The highest BCUT2D eigenvalue weighted by Crippen LogP contribution is 2.04. The summed E-state index contributed by atoms with van der Waals surface area (Å²) in [6.45, 7) is 4.85. The van der Waals surface area contributed by atoms with E-state index in [1.165, 1.54) is 6.92 Å². The van der Waals surface area contributed by atoms with Gasteiger partial charge in [0.25, 0.3) is 0 Å². The second-order valence-electron chi connectivity index (χ2n) is 4.68. The molecule has 0 saturated heterocycles. The Morgan fingerprint density at radius 1 is 1.16 bits per heavy atom. The third-order valence-electron chi connectivity index (χ3n) is 2.95. The van der Waals surface area contributed by atoms with Crippen molar-refractivity contribution in [2.75, 3.05) is 20.1 Å². The van der Waals surface area contributed by atoms with Gasteiger partial charge in [0, 0.05) is 27.1 Å². The summed E-state index contributed by atoms with van der Waals surface area (Å²) in [6, 6.07) is 9.82. The molecule has 4 heteroatoms.